The normalized spacial score (nSPS) is 15.8. The molecule has 0 bridgehead atoms. The Bertz CT molecular complexity index is 926. The fourth-order valence-corrected chi connectivity index (χ4v) is 3.91. The van der Waals surface area contributed by atoms with Crippen LogP contribution in [0.2, 0.25) is 0 Å². The Kier molecular flexibility index (Phi) is 5.38. The van der Waals surface area contributed by atoms with Crippen LogP contribution in [-0.4, -0.2) is 28.3 Å². The van der Waals surface area contributed by atoms with Crippen LogP contribution in [0.1, 0.15) is 16.7 Å². The van der Waals surface area contributed by atoms with Gasteiger partial charge in [0.05, 0.1) is 18.6 Å². The summed E-state index contributed by atoms with van der Waals surface area (Å²) in [5, 5.41) is 9.92. The summed E-state index contributed by atoms with van der Waals surface area (Å²) in [5.41, 5.74) is 2.36. The lowest BCUT2D eigenvalue weighted by atomic mass is 10.1. The number of aryl methyl sites for hydroxylation is 1. The predicted molar refractivity (Wildman–Crippen MR) is 105 cm³/mol. The summed E-state index contributed by atoms with van der Waals surface area (Å²) >= 11 is 4.20. The summed E-state index contributed by atoms with van der Waals surface area (Å²) in [6.07, 6.45) is 1.50. The number of phenolic OH excluding ortho intramolecular Hbond substituents is 1. The fourth-order valence-electron chi connectivity index (χ4n) is 2.63. The predicted octanol–water partition coefficient (Wildman–Crippen LogP) is 4.71. The van der Waals surface area contributed by atoms with Crippen molar-refractivity contribution in [2.45, 2.75) is 13.5 Å². The second-order valence-corrected chi connectivity index (χ2v) is 7.71. The van der Waals surface area contributed by atoms with Crippen molar-refractivity contribution < 1.29 is 19.4 Å². The van der Waals surface area contributed by atoms with Crippen LogP contribution < -0.4 is 4.74 Å². The smallest absolute Gasteiger partial charge is 0.293 e. The maximum Gasteiger partial charge on any atom is 0.293 e. The summed E-state index contributed by atoms with van der Waals surface area (Å²) in [6.45, 7) is 2.18. The number of hydrogen-bond donors (Lipinski definition) is 1. The van der Waals surface area contributed by atoms with Gasteiger partial charge >= 0.3 is 0 Å². The average Bonchev–Trinajstić information content (AvgIpc) is 2.85. The van der Waals surface area contributed by atoms with Crippen molar-refractivity contribution in [2.24, 2.45) is 0 Å². The molecule has 5 nitrogen and oxygen atoms in total. The van der Waals surface area contributed by atoms with Gasteiger partial charge in [0.1, 0.15) is 0 Å². The van der Waals surface area contributed by atoms with E-state index in [2.05, 4.69) is 15.9 Å². The van der Waals surface area contributed by atoms with Gasteiger partial charge < -0.3 is 9.84 Å². The molecule has 1 aliphatic heterocycles. The van der Waals surface area contributed by atoms with Crippen LogP contribution in [0.4, 0.5) is 4.79 Å². The third kappa shape index (κ3) is 3.78. The van der Waals surface area contributed by atoms with Crippen molar-refractivity contribution in [1.82, 2.24) is 4.90 Å². The van der Waals surface area contributed by atoms with E-state index in [0.29, 0.717) is 10.0 Å². The number of carbonyl (C=O) groups excluding carboxylic acids is 2. The minimum atomic E-state index is -0.375. The molecule has 2 aromatic rings. The molecule has 0 radical (unpaired) electrons. The second kappa shape index (κ2) is 7.55. The third-order valence-electron chi connectivity index (χ3n) is 3.87. The highest BCUT2D eigenvalue weighted by molar-refractivity contribution is 9.10. The van der Waals surface area contributed by atoms with E-state index < -0.39 is 0 Å². The standard InChI is InChI=1S/C19H16BrNO4S/c1-11-4-3-5-12(6-11)10-21-18(23)16(26-19(21)24)8-13-7-14(20)9-15(25-2)17(13)22/h3-9,22H,10H2,1-2H3/b16-8-. The zero-order valence-electron chi connectivity index (χ0n) is 14.2. The molecule has 0 atom stereocenters. The number of rotatable bonds is 4. The molecular weight excluding hydrogens is 418 g/mol. The lowest BCUT2D eigenvalue weighted by Crippen LogP contribution is -2.27. The van der Waals surface area contributed by atoms with E-state index in [9.17, 15) is 14.7 Å². The van der Waals surface area contributed by atoms with E-state index in [1.807, 2.05) is 31.2 Å². The second-order valence-electron chi connectivity index (χ2n) is 5.80. The molecule has 7 heteroatoms. The Morgan fingerprint density at radius 3 is 2.73 bits per heavy atom. The molecule has 26 heavy (non-hydrogen) atoms. The molecule has 0 saturated carbocycles. The lowest BCUT2D eigenvalue weighted by Gasteiger charge is -2.12. The number of halogens is 1. The number of amides is 2. The maximum atomic E-state index is 12.7. The minimum absolute atomic E-state index is 0.0822. The number of carbonyl (C=O) groups is 2. The Labute approximate surface area is 163 Å². The van der Waals surface area contributed by atoms with E-state index in [1.165, 1.54) is 18.1 Å². The van der Waals surface area contributed by atoms with Crippen molar-refractivity contribution >= 4 is 44.9 Å². The van der Waals surface area contributed by atoms with Crippen molar-refractivity contribution in [3.63, 3.8) is 0 Å². The average molecular weight is 434 g/mol. The van der Waals surface area contributed by atoms with Crippen LogP contribution >= 0.6 is 27.7 Å². The molecule has 2 amide bonds. The number of methoxy groups -OCH3 is 1. The molecule has 2 aromatic carbocycles. The molecule has 1 aliphatic rings. The molecule has 1 heterocycles. The summed E-state index contributed by atoms with van der Waals surface area (Å²) in [7, 11) is 1.45. The van der Waals surface area contributed by atoms with Gasteiger partial charge in [-0.15, -0.1) is 0 Å². The quantitative estimate of drug-likeness (QED) is 0.707. The Hall–Kier alpha value is -2.25. The first-order valence-corrected chi connectivity index (χ1v) is 9.37. The van der Waals surface area contributed by atoms with E-state index in [4.69, 9.17) is 4.74 Å². The fraction of sp³-hybridized carbons (Fsp3) is 0.158. The molecule has 1 saturated heterocycles. The maximum absolute atomic E-state index is 12.7. The van der Waals surface area contributed by atoms with Crippen LogP contribution in [0.5, 0.6) is 11.5 Å². The Morgan fingerprint density at radius 2 is 2.04 bits per heavy atom. The highest BCUT2D eigenvalue weighted by Crippen LogP contribution is 2.38. The van der Waals surface area contributed by atoms with Crippen molar-refractivity contribution in [3.05, 3.63) is 62.5 Å². The van der Waals surface area contributed by atoms with Gasteiger partial charge in [0.15, 0.2) is 11.5 Å². The van der Waals surface area contributed by atoms with Gasteiger partial charge in [-0.3, -0.25) is 14.5 Å². The molecule has 0 aliphatic carbocycles. The number of ether oxygens (including phenoxy) is 1. The number of phenols is 1. The largest absolute Gasteiger partial charge is 0.504 e. The minimum Gasteiger partial charge on any atom is -0.504 e. The number of benzene rings is 2. The summed E-state index contributed by atoms with van der Waals surface area (Å²) in [4.78, 5) is 26.4. The van der Waals surface area contributed by atoms with Crippen LogP contribution in [0.25, 0.3) is 6.08 Å². The van der Waals surface area contributed by atoms with Gasteiger partial charge in [-0.1, -0.05) is 45.8 Å². The van der Waals surface area contributed by atoms with E-state index in [1.54, 1.807) is 12.1 Å². The van der Waals surface area contributed by atoms with Crippen LogP contribution in [0.15, 0.2) is 45.8 Å². The number of hydrogen-bond acceptors (Lipinski definition) is 5. The third-order valence-corrected chi connectivity index (χ3v) is 5.24. The van der Waals surface area contributed by atoms with E-state index >= 15 is 0 Å². The zero-order valence-corrected chi connectivity index (χ0v) is 16.6. The van der Waals surface area contributed by atoms with Gasteiger partial charge in [0.25, 0.3) is 11.1 Å². The first kappa shape index (κ1) is 18.5. The number of thioether (sulfide) groups is 1. The number of nitrogens with zero attached hydrogens (tertiary/aromatic N) is 1. The van der Waals surface area contributed by atoms with Crippen molar-refractivity contribution in [1.29, 1.82) is 0 Å². The number of aromatic hydroxyl groups is 1. The van der Waals surface area contributed by atoms with Crippen molar-refractivity contribution in [2.75, 3.05) is 7.11 Å². The van der Waals surface area contributed by atoms with E-state index in [0.717, 1.165) is 22.9 Å². The van der Waals surface area contributed by atoms with Gasteiger partial charge in [-0.2, -0.15) is 0 Å². The molecule has 134 valence electrons. The van der Waals surface area contributed by atoms with Gasteiger partial charge in [0.2, 0.25) is 0 Å². The van der Waals surface area contributed by atoms with Gasteiger partial charge in [0, 0.05) is 10.0 Å². The molecule has 3 rings (SSSR count). The van der Waals surface area contributed by atoms with E-state index in [-0.39, 0.29) is 34.1 Å². The molecule has 1 fully saturated rings. The highest BCUT2D eigenvalue weighted by Gasteiger charge is 2.35. The van der Waals surface area contributed by atoms with Gasteiger partial charge in [-0.05, 0) is 42.5 Å². The SMILES string of the molecule is COc1cc(Br)cc(/C=C2\SC(=O)N(Cc3cccc(C)c3)C2=O)c1O. The topological polar surface area (TPSA) is 66.8 Å². The molecule has 0 spiro atoms. The Morgan fingerprint density at radius 1 is 1.27 bits per heavy atom. The number of imide groups is 1. The molecular formula is C19H16BrNO4S. The van der Waals surface area contributed by atoms with Crippen LogP contribution in [0.3, 0.4) is 0 Å². The van der Waals surface area contributed by atoms with Crippen LogP contribution in [0, 0.1) is 6.92 Å². The molecule has 1 N–H and O–H groups in total. The van der Waals surface area contributed by atoms with Crippen molar-refractivity contribution in [3.8, 4) is 11.5 Å². The molecule has 0 aromatic heterocycles. The lowest BCUT2D eigenvalue weighted by molar-refractivity contribution is -0.123. The monoisotopic (exact) mass is 433 g/mol. The Balaban J connectivity index is 1.89. The first-order valence-electron chi connectivity index (χ1n) is 7.76. The molecule has 0 unspecified atom stereocenters. The highest BCUT2D eigenvalue weighted by atomic mass is 79.9. The summed E-state index contributed by atoms with van der Waals surface area (Å²) in [5.74, 6) is -0.175. The zero-order chi connectivity index (χ0) is 18.8. The summed E-state index contributed by atoms with van der Waals surface area (Å²) < 4.78 is 5.80. The van der Waals surface area contributed by atoms with Crippen LogP contribution in [-0.2, 0) is 11.3 Å². The first-order chi connectivity index (χ1) is 12.4. The summed E-state index contributed by atoms with van der Waals surface area (Å²) in [6, 6.07) is 11.0. The van der Waals surface area contributed by atoms with Gasteiger partial charge in [-0.25, -0.2) is 0 Å².